The van der Waals surface area contributed by atoms with Crippen LogP contribution in [0.1, 0.15) is 20.3 Å². The highest BCUT2D eigenvalue weighted by Crippen LogP contribution is 2.05. The first kappa shape index (κ1) is 8.88. The summed E-state index contributed by atoms with van der Waals surface area (Å²) < 4.78 is 0. The number of hydrogen-bond acceptors (Lipinski definition) is 3. The Bertz CT molecular complexity index is 68.1. The molecular weight excluding hydrogens is 118 g/mol. The third kappa shape index (κ3) is 3.46. The second-order valence-corrected chi connectivity index (χ2v) is 2.32. The van der Waals surface area contributed by atoms with E-state index in [0.717, 1.165) is 6.42 Å². The van der Waals surface area contributed by atoms with Gasteiger partial charge in [-0.25, -0.2) is 5.48 Å². The van der Waals surface area contributed by atoms with Crippen LogP contribution in [0.25, 0.3) is 0 Å². The van der Waals surface area contributed by atoms with Gasteiger partial charge in [0.25, 0.3) is 0 Å². The lowest BCUT2D eigenvalue weighted by atomic mass is 10.0. The fourth-order valence-electron chi connectivity index (χ4n) is 0.567. The predicted octanol–water partition coefficient (Wildman–Crippen LogP) is 0.372. The third-order valence-corrected chi connectivity index (χ3v) is 1.60. The second-order valence-electron chi connectivity index (χ2n) is 2.32. The summed E-state index contributed by atoms with van der Waals surface area (Å²) in [5, 5.41) is 17.3. The van der Waals surface area contributed by atoms with Crippen LogP contribution in [0.3, 0.4) is 0 Å². The molecule has 0 saturated carbocycles. The number of nitrogens with one attached hydrogen (secondary N) is 1. The Morgan fingerprint density at radius 2 is 2.11 bits per heavy atom. The van der Waals surface area contributed by atoms with Gasteiger partial charge in [0, 0.05) is 6.54 Å². The molecule has 0 aromatic carbocycles. The molecule has 0 bridgehead atoms. The molecule has 0 rings (SSSR count). The van der Waals surface area contributed by atoms with Crippen molar-refractivity contribution >= 4 is 0 Å². The molecule has 0 spiro atoms. The summed E-state index contributed by atoms with van der Waals surface area (Å²) >= 11 is 0. The summed E-state index contributed by atoms with van der Waals surface area (Å²) in [6.45, 7) is 4.21. The van der Waals surface area contributed by atoms with Gasteiger partial charge in [0.2, 0.25) is 0 Å². The molecule has 0 aromatic heterocycles. The number of hydroxylamine groups is 1. The van der Waals surface area contributed by atoms with Crippen molar-refractivity contribution in [3.8, 4) is 0 Å². The van der Waals surface area contributed by atoms with Crippen molar-refractivity contribution in [1.29, 1.82) is 0 Å². The Morgan fingerprint density at radius 3 is 2.44 bits per heavy atom. The minimum absolute atomic E-state index is 0.254. The standard InChI is InChI=1S/C6H15NO2/c1-3-5(2)6(8)4-7-9/h5-9H,3-4H2,1-2H3. The molecule has 0 aliphatic rings. The fourth-order valence-corrected chi connectivity index (χ4v) is 0.567. The molecule has 0 radical (unpaired) electrons. The van der Waals surface area contributed by atoms with Gasteiger partial charge < -0.3 is 10.3 Å². The Hall–Kier alpha value is -0.120. The minimum Gasteiger partial charge on any atom is -0.391 e. The first-order valence-corrected chi connectivity index (χ1v) is 3.27. The summed E-state index contributed by atoms with van der Waals surface area (Å²) in [7, 11) is 0. The van der Waals surface area contributed by atoms with Crippen molar-refractivity contribution in [3.63, 3.8) is 0 Å². The number of hydrogen-bond donors (Lipinski definition) is 3. The second kappa shape index (κ2) is 4.73. The van der Waals surface area contributed by atoms with Crippen LogP contribution < -0.4 is 5.48 Å². The largest absolute Gasteiger partial charge is 0.391 e. The molecule has 3 heteroatoms. The van der Waals surface area contributed by atoms with E-state index >= 15 is 0 Å². The van der Waals surface area contributed by atoms with Crippen molar-refractivity contribution in [3.05, 3.63) is 0 Å². The first-order chi connectivity index (χ1) is 4.22. The predicted molar refractivity (Wildman–Crippen MR) is 35.3 cm³/mol. The molecule has 0 amide bonds. The van der Waals surface area contributed by atoms with Crippen molar-refractivity contribution in [1.82, 2.24) is 5.48 Å². The fraction of sp³-hybridized carbons (Fsp3) is 1.00. The molecule has 3 N–H and O–H groups in total. The van der Waals surface area contributed by atoms with Crippen LogP contribution in [0.2, 0.25) is 0 Å². The maximum Gasteiger partial charge on any atom is 0.0713 e. The van der Waals surface area contributed by atoms with Crippen LogP contribution in [0.15, 0.2) is 0 Å². The molecule has 0 aliphatic heterocycles. The van der Waals surface area contributed by atoms with E-state index < -0.39 is 6.10 Å². The molecule has 0 heterocycles. The maximum absolute atomic E-state index is 9.10. The van der Waals surface area contributed by atoms with Gasteiger partial charge in [0.1, 0.15) is 0 Å². The lowest BCUT2D eigenvalue weighted by Crippen LogP contribution is -2.29. The van der Waals surface area contributed by atoms with E-state index in [1.165, 1.54) is 0 Å². The normalized spacial score (nSPS) is 17.3. The van der Waals surface area contributed by atoms with Gasteiger partial charge in [0.05, 0.1) is 6.10 Å². The molecule has 0 saturated heterocycles. The van der Waals surface area contributed by atoms with Crippen molar-refractivity contribution < 1.29 is 10.3 Å². The molecule has 3 nitrogen and oxygen atoms in total. The third-order valence-electron chi connectivity index (χ3n) is 1.60. The average Bonchev–Trinajstić information content (AvgIpc) is 1.87. The SMILES string of the molecule is CCC(C)C(O)CNO. The molecule has 0 fully saturated rings. The van der Waals surface area contributed by atoms with Crippen LogP contribution in [0.4, 0.5) is 0 Å². The maximum atomic E-state index is 9.10. The number of aliphatic hydroxyl groups is 1. The van der Waals surface area contributed by atoms with Crippen LogP contribution >= 0.6 is 0 Å². The highest BCUT2D eigenvalue weighted by atomic mass is 16.5. The minimum atomic E-state index is -0.431. The van der Waals surface area contributed by atoms with E-state index in [1.54, 1.807) is 0 Å². The Balaban J connectivity index is 3.32. The Labute approximate surface area is 55.7 Å². The van der Waals surface area contributed by atoms with E-state index in [1.807, 2.05) is 19.3 Å². The van der Waals surface area contributed by atoms with Crippen LogP contribution in [-0.4, -0.2) is 23.0 Å². The van der Waals surface area contributed by atoms with Gasteiger partial charge in [-0.1, -0.05) is 20.3 Å². The van der Waals surface area contributed by atoms with E-state index in [-0.39, 0.29) is 12.5 Å². The summed E-state index contributed by atoms with van der Waals surface area (Å²) in [5.41, 5.74) is 1.93. The smallest absolute Gasteiger partial charge is 0.0713 e. The molecular formula is C6H15NO2. The highest BCUT2D eigenvalue weighted by molar-refractivity contribution is 4.62. The number of rotatable bonds is 4. The lowest BCUT2D eigenvalue weighted by Gasteiger charge is -2.15. The summed E-state index contributed by atoms with van der Waals surface area (Å²) in [4.78, 5) is 0. The van der Waals surface area contributed by atoms with E-state index in [9.17, 15) is 0 Å². The molecule has 2 unspecified atom stereocenters. The number of aliphatic hydroxyl groups excluding tert-OH is 1. The Morgan fingerprint density at radius 1 is 1.56 bits per heavy atom. The van der Waals surface area contributed by atoms with Gasteiger partial charge in [-0.05, 0) is 5.92 Å². The van der Waals surface area contributed by atoms with E-state index in [4.69, 9.17) is 10.3 Å². The zero-order valence-electron chi connectivity index (χ0n) is 5.96. The van der Waals surface area contributed by atoms with Crippen molar-refractivity contribution in [2.45, 2.75) is 26.4 Å². The zero-order chi connectivity index (χ0) is 7.28. The zero-order valence-corrected chi connectivity index (χ0v) is 5.96. The van der Waals surface area contributed by atoms with E-state index in [0.29, 0.717) is 0 Å². The van der Waals surface area contributed by atoms with Gasteiger partial charge in [-0.15, -0.1) is 0 Å². The lowest BCUT2D eigenvalue weighted by molar-refractivity contribution is 0.0596. The quantitative estimate of drug-likeness (QED) is 0.486. The van der Waals surface area contributed by atoms with Gasteiger partial charge >= 0.3 is 0 Å². The first-order valence-electron chi connectivity index (χ1n) is 3.27. The summed E-state index contributed by atoms with van der Waals surface area (Å²) in [6, 6.07) is 0. The molecule has 9 heavy (non-hydrogen) atoms. The van der Waals surface area contributed by atoms with Crippen LogP contribution in [0, 0.1) is 5.92 Å². The van der Waals surface area contributed by atoms with Gasteiger partial charge in [0.15, 0.2) is 0 Å². The van der Waals surface area contributed by atoms with Crippen LogP contribution in [-0.2, 0) is 0 Å². The molecule has 0 aliphatic carbocycles. The monoisotopic (exact) mass is 133 g/mol. The topological polar surface area (TPSA) is 52.5 Å². The summed E-state index contributed by atoms with van der Waals surface area (Å²) in [5.74, 6) is 0.254. The van der Waals surface area contributed by atoms with Gasteiger partial charge in [-0.3, -0.25) is 0 Å². The van der Waals surface area contributed by atoms with Gasteiger partial charge in [-0.2, -0.15) is 0 Å². The molecule has 2 atom stereocenters. The van der Waals surface area contributed by atoms with Crippen LogP contribution in [0.5, 0.6) is 0 Å². The molecule has 0 aromatic rings. The molecule has 56 valence electrons. The van der Waals surface area contributed by atoms with Crippen molar-refractivity contribution in [2.24, 2.45) is 5.92 Å². The highest BCUT2D eigenvalue weighted by Gasteiger charge is 2.09. The van der Waals surface area contributed by atoms with E-state index in [2.05, 4.69) is 0 Å². The average molecular weight is 133 g/mol. The van der Waals surface area contributed by atoms with Crippen molar-refractivity contribution in [2.75, 3.05) is 6.54 Å². The summed E-state index contributed by atoms with van der Waals surface area (Å²) in [6.07, 6.45) is 0.503. The Kier molecular flexibility index (Phi) is 4.67.